The summed E-state index contributed by atoms with van der Waals surface area (Å²) in [6.45, 7) is 0. The van der Waals surface area contributed by atoms with E-state index in [0.29, 0.717) is 11.3 Å². The number of ether oxygens (including phenoxy) is 1. The normalized spacial score (nSPS) is 10.0. The molecule has 2 aromatic carbocycles. The number of hydrogen-bond donors (Lipinski definition) is 1. The number of hydrogen-bond acceptors (Lipinski definition) is 6. The predicted molar refractivity (Wildman–Crippen MR) is 80.4 cm³/mol. The maximum absolute atomic E-state index is 12.0. The molecule has 0 spiro atoms. The summed E-state index contributed by atoms with van der Waals surface area (Å²) in [5.41, 5.74) is 0.0202. The molecular weight excluding hydrogens is 314 g/mol. The highest BCUT2D eigenvalue weighted by molar-refractivity contribution is 5.98. The van der Waals surface area contributed by atoms with Crippen LogP contribution in [0.15, 0.2) is 42.5 Å². The van der Waals surface area contributed by atoms with Gasteiger partial charge in [0.25, 0.3) is 0 Å². The highest BCUT2D eigenvalue weighted by Gasteiger charge is 2.08. The van der Waals surface area contributed by atoms with Gasteiger partial charge in [-0.15, -0.1) is 0 Å². The number of carbonyl (C=O) groups excluding carboxylic acids is 3. The van der Waals surface area contributed by atoms with Gasteiger partial charge < -0.3 is 29.9 Å². The first-order valence-corrected chi connectivity index (χ1v) is 6.89. The molecule has 7 nitrogen and oxygen atoms in total. The van der Waals surface area contributed by atoms with Crippen molar-refractivity contribution in [3.05, 3.63) is 59.2 Å². The van der Waals surface area contributed by atoms with Crippen LogP contribution in [0.4, 0.5) is 5.69 Å². The standard InChI is InChI=1S/C17H15NO6/c1-24-14-4-2-10(3-5-14)6-15(19)18-13-8-11(16(20)21)7-12(9-13)17(22)23/h2-5,7-9H,6H2,1H3,(H,18,19)(H,20,21)(H,22,23)/p-2. The summed E-state index contributed by atoms with van der Waals surface area (Å²) < 4.78 is 5.02. The Kier molecular flexibility index (Phi) is 5.16. The fourth-order valence-corrected chi connectivity index (χ4v) is 2.07. The Morgan fingerprint density at radius 1 is 0.958 bits per heavy atom. The van der Waals surface area contributed by atoms with E-state index in [0.717, 1.165) is 18.2 Å². The Bertz CT molecular complexity index is 750. The lowest BCUT2D eigenvalue weighted by Crippen LogP contribution is -2.26. The van der Waals surface area contributed by atoms with Gasteiger partial charge in [-0.2, -0.15) is 0 Å². The number of carboxylic acid groups (broad SMARTS) is 2. The van der Waals surface area contributed by atoms with Crippen molar-refractivity contribution in [2.45, 2.75) is 6.42 Å². The third-order valence-corrected chi connectivity index (χ3v) is 3.21. The van der Waals surface area contributed by atoms with Gasteiger partial charge >= 0.3 is 0 Å². The first kappa shape index (κ1) is 17.0. The molecule has 1 N–H and O–H groups in total. The van der Waals surface area contributed by atoms with Gasteiger partial charge in [0.15, 0.2) is 0 Å². The SMILES string of the molecule is COc1ccc(CC(=O)Nc2cc(C(=O)[O-])cc(C(=O)[O-])c2)cc1. The molecule has 2 aromatic rings. The smallest absolute Gasteiger partial charge is 0.228 e. The molecule has 0 aromatic heterocycles. The molecule has 0 atom stereocenters. The fraction of sp³-hybridized carbons (Fsp3) is 0.118. The maximum atomic E-state index is 12.0. The van der Waals surface area contributed by atoms with Gasteiger partial charge in [0.2, 0.25) is 5.91 Å². The molecule has 0 radical (unpaired) electrons. The Morgan fingerprint density at radius 2 is 1.50 bits per heavy atom. The van der Waals surface area contributed by atoms with Crippen LogP contribution in [-0.4, -0.2) is 25.0 Å². The van der Waals surface area contributed by atoms with Crippen LogP contribution in [0.25, 0.3) is 0 Å². The van der Waals surface area contributed by atoms with E-state index in [-0.39, 0.29) is 23.2 Å². The number of carboxylic acids is 2. The van der Waals surface area contributed by atoms with Gasteiger partial charge in [0, 0.05) is 5.69 Å². The Balaban J connectivity index is 2.15. The van der Waals surface area contributed by atoms with Crippen LogP contribution in [-0.2, 0) is 11.2 Å². The zero-order valence-corrected chi connectivity index (χ0v) is 12.7. The summed E-state index contributed by atoms with van der Waals surface area (Å²) in [6, 6.07) is 9.97. The molecule has 24 heavy (non-hydrogen) atoms. The minimum absolute atomic E-state index is 0.0280. The van der Waals surface area contributed by atoms with Crippen molar-refractivity contribution >= 4 is 23.5 Å². The van der Waals surface area contributed by atoms with Crippen molar-refractivity contribution in [1.82, 2.24) is 0 Å². The monoisotopic (exact) mass is 327 g/mol. The first-order chi connectivity index (χ1) is 11.4. The maximum Gasteiger partial charge on any atom is 0.228 e. The quantitative estimate of drug-likeness (QED) is 0.771. The summed E-state index contributed by atoms with van der Waals surface area (Å²) in [5, 5.41) is 24.3. The third kappa shape index (κ3) is 4.33. The lowest BCUT2D eigenvalue weighted by atomic mass is 10.1. The number of methoxy groups -OCH3 is 1. The number of rotatable bonds is 6. The van der Waals surface area contributed by atoms with E-state index in [9.17, 15) is 24.6 Å². The summed E-state index contributed by atoms with van der Waals surface area (Å²) in [6.07, 6.45) is 0.0280. The molecular formula is C17H13NO6-2. The summed E-state index contributed by atoms with van der Waals surface area (Å²) in [7, 11) is 1.53. The third-order valence-electron chi connectivity index (χ3n) is 3.21. The minimum atomic E-state index is -1.55. The fourth-order valence-electron chi connectivity index (χ4n) is 2.07. The molecule has 0 heterocycles. The molecule has 0 bridgehead atoms. The van der Waals surface area contributed by atoms with E-state index < -0.39 is 17.8 Å². The van der Waals surface area contributed by atoms with E-state index in [1.54, 1.807) is 24.3 Å². The molecule has 2 rings (SSSR count). The molecule has 0 saturated heterocycles. The van der Waals surface area contributed by atoms with Crippen LogP contribution < -0.4 is 20.3 Å². The largest absolute Gasteiger partial charge is 0.545 e. The Hall–Kier alpha value is -3.35. The number of amides is 1. The summed E-state index contributed by atoms with van der Waals surface area (Å²) in [5.74, 6) is -2.88. The highest BCUT2D eigenvalue weighted by Crippen LogP contribution is 2.16. The van der Waals surface area contributed by atoms with Crippen molar-refractivity contribution in [3.8, 4) is 5.75 Å². The predicted octanol–water partition coefficient (Wildman–Crippen LogP) is -0.397. The van der Waals surface area contributed by atoms with E-state index >= 15 is 0 Å². The summed E-state index contributed by atoms with van der Waals surface area (Å²) >= 11 is 0. The second kappa shape index (κ2) is 7.28. The Morgan fingerprint density at radius 3 is 1.96 bits per heavy atom. The van der Waals surface area contributed by atoms with Crippen molar-refractivity contribution in [1.29, 1.82) is 0 Å². The van der Waals surface area contributed by atoms with Crippen molar-refractivity contribution in [2.75, 3.05) is 12.4 Å². The second-order valence-electron chi connectivity index (χ2n) is 4.95. The highest BCUT2D eigenvalue weighted by atomic mass is 16.5. The first-order valence-electron chi connectivity index (χ1n) is 6.89. The van der Waals surface area contributed by atoms with Gasteiger partial charge in [-0.25, -0.2) is 0 Å². The topological polar surface area (TPSA) is 119 Å². The minimum Gasteiger partial charge on any atom is -0.545 e. The zero-order valence-electron chi connectivity index (χ0n) is 12.7. The van der Waals surface area contributed by atoms with Gasteiger partial charge in [-0.3, -0.25) is 4.79 Å². The van der Waals surface area contributed by atoms with E-state index in [1.807, 2.05) is 0 Å². The number of nitrogens with one attached hydrogen (secondary N) is 1. The van der Waals surface area contributed by atoms with Crippen LogP contribution in [0.3, 0.4) is 0 Å². The second-order valence-corrected chi connectivity index (χ2v) is 4.95. The number of anilines is 1. The molecule has 0 aliphatic carbocycles. The molecule has 0 fully saturated rings. The number of benzene rings is 2. The van der Waals surface area contributed by atoms with Gasteiger partial charge in [-0.1, -0.05) is 12.1 Å². The van der Waals surface area contributed by atoms with E-state index in [1.165, 1.54) is 7.11 Å². The van der Waals surface area contributed by atoms with Gasteiger partial charge in [-0.05, 0) is 47.0 Å². The van der Waals surface area contributed by atoms with Gasteiger partial charge in [0.05, 0.1) is 25.5 Å². The van der Waals surface area contributed by atoms with Crippen LogP contribution in [0, 0.1) is 0 Å². The van der Waals surface area contributed by atoms with E-state index in [4.69, 9.17) is 4.74 Å². The average molecular weight is 327 g/mol. The number of aromatic carboxylic acids is 2. The molecule has 0 saturated carbocycles. The Labute approximate surface area is 137 Å². The molecule has 0 aliphatic rings. The van der Waals surface area contributed by atoms with Crippen LogP contribution in [0.2, 0.25) is 0 Å². The van der Waals surface area contributed by atoms with Crippen molar-refractivity contribution in [3.63, 3.8) is 0 Å². The van der Waals surface area contributed by atoms with Crippen molar-refractivity contribution in [2.24, 2.45) is 0 Å². The van der Waals surface area contributed by atoms with Crippen LogP contribution in [0.5, 0.6) is 5.75 Å². The van der Waals surface area contributed by atoms with Crippen LogP contribution in [0.1, 0.15) is 26.3 Å². The summed E-state index contributed by atoms with van der Waals surface area (Å²) in [4.78, 5) is 33.9. The van der Waals surface area contributed by atoms with Crippen LogP contribution >= 0.6 is 0 Å². The number of carbonyl (C=O) groups is 3. The van der Waals surface area contributed by atoms with Gasteiger partial charge in [0.1, 0.15) is 5.75 Å². The lowest BCUT2D eigenvalue weighted by molar-refractivity contribution is -0.255. The molecule has 0 aliphatic heterocycles. The molecule has 0 unspecified atom stereocenters. The average Bonchev–Trinajstić information content (AvgIpc) is 2.55. The molecule has 7 heteroatoms. The zero-order chi connectivity index (χ0) is 17.7. The van der Waals surface area contributed by atoms with Crippen molar-refractivity contribution < 1.29 is 29.3 Å². The molecule has 1 amide bonds. The lowest BCUT2D eigenvalue weighted by Gasteiger charge is -2.12. The van der Waals surface area contributed by atoms with E-state index in [2.05, 4.69) is 5.32 Å². The molecule has 124 valence electrons.